The SMILES string of the molecule is Cc1noc(C)c1S(=O)(=O)NCCc1nnc(-c2ccncc2)o1. The van der Waals surface area contributed by atoms with Crippen molar-refractivity contribution in [1.29, 1.82) is 0 Å². The summed E-state index contributed by atoms with van der Waals surface area (Å²) in [5, 5.41) is 11.5. The van der Waals surface area contributed by atoms with Gasteiger partial charge in [-0.1, -0.05) is 5.16 Å². The Balaban J connectivity index is 1.64. The summed E-state index contributed by atoms with van der Waals surface area (Å²) in [6.45, 7) is 3.24. The summed E-state index contributed by atoms with van der Waals surface area (Å²) in [6, 6.07) is 3.49. The summed E-state index contributed by atoms with van der Waals surface area (Å²) < 4.78 is 37.4. The summed E-state index contributed by atoms with van der Waals surface area (Å²) in [4.78, 5) is 3.97. The van der Waals surface area contributed by atoms with Gasteiger partial charge in [0.2, 0.25) is 21.8 Å². The number of aromatic nitrogens is 4. The summed E-state index contributed by atoms with van der Waals surface area (Å²) >= 11 is 0. The summed E-state index contributed by atoms with van der Waals surface area (Å²) in [5.41, 5.74) is 1.07. The number of pyridine rings is 1. The van der Waals surface area contributed by atoms with E-state index in [9.17, 15) is 8.42 Å². The molecule has 3 rings (SSSR count). The van der Waals surface area contributed by atoms with Crippen molar-refractivity contribution in [2.45, 2.75) is 25.2 Å². The lowest BCUT2D eigenvalue weighted by molar-refractivity contribution is 0.390. The van der Waals surface area contributed by atoms with E-state index in [1.807, 2.05) is 0 Å². The van der Waals surface area contributed by atoms with E-state index in [0.29, 0.717) is 17.5 Å². The van der Waals surface area contributed by atoms with Crippen molar-refractivity contribution < 1.29 is 17.4 Å². The normalized spacial score (nSPS) is 11.8. The van der Waals surface area contributed by atoms with Crippen LogP contribution < -0.4 is 4.72 Å². The first kappa shape index (κ1) is 16.3. The maximum atomic E-state index is 12.3. The largest absolute Gasteiger partial charge is 0.421 e. The van der Waals surface area contributed by atoms with Crippen molar-refractivity contribution in [3.63, 3.8) is 0 Å². The van der Waals surface area contributed by atoms with Gasteiger partial charge in [-0.15, -0.1) is 10.2 Å². The van der Waals surface area contributed by atoms with Crippen LogP contribution in [-0.2, 0) is 16.4 Å². The van der Waals surface area contributed by atoms with Gasteiger partial charge in [0, 0.05) is 30.9 Å². The first-order valence-electron chi connectivity index (χ1n) is 7.12. The highest BCUT2D eigenvalue weighted by molar-refractivity contribution is 7.89. The third-order valence-electron chi connectivity index (χ3n) is 3.26. The molecule has 0 saturated heterocycles. The molecule has 0 radical (unpaired) electrons. The van der Waals surface area contributed by atoms with E-state index in [-0.39, 0.29) is 23.6 Å². The van der Waals surface area contributed by atoms with Gasteiger partial charge in [-0.05, 0) is 26.0 Å². The van der Waals surface area contributed by atoms with Crippen LogP contribution in [-0.4, -0.2) is 35.3 Å². The average Bonchev–Trinajstić information content (AvgIpc) is 3.15. The number of nitrogens with one attached hydrogen (secondary N) is 1. The second kappa shape index (κ2) is 6.49. The zero-order valence-corrected chi connectivity index (χ0v) is 13.9. The molecule has 0 aliphatic heterocycles. The van der Waals surface area contributed by atoms with Gasteiger partial charge >= 0.3 is 0 Å². The van der Waals surface area contributed by atoms with E-state index in [4.69, 9.17) is 8.94 Å². The van der Waals surface area contributed by atoms with Crippen molar-refractivity contribution in [2.75, 3.05) is 6.54 Å². The molecule has 10 heteroatoms. The van der Waals surface area contributed by atoms with Crippen LogP contribution >= 0.6 is 0 Å². The Kier molecular flexibility index (Phi) is 4.40. The lowest BCUT2D eigenvalue weighted by Crippen LogP contribution is -2.26. The fourth-order valence-corrected chi connectivity index (χ4v) is 3.55. The third kappa shape index (κ3) is 3.34. The second-order valence-electron chi connectivity index (χ2n) is 5.04. The molecule has 9 nitrogen and oxygen atoms in total. The molecule has 0 spiro atoms. The van der Waals surface area contributed by atoms with Crippen molar-refractivity contribution in [1.82, 2.24) is 25.1 Å². The Hall–Kier alpha value is -2.59. The molecular weight excluding hydrogens is 334 g/mol. The molecule has 0 atom stereocenters. The molecule has 3 heterocycles. The lowest BCUT2D eigenvalue weighted by atomic mass is 10.3. The van der Waals surface area contributed by atoms with E-state index in [2.05, 4.69) is 25.1 Å². The maximum absolute atomic E-state index is 12.3. The zero-order chi connectivity index (χ0) is 17.2. The fourth-order valence-electron chi connectivity index (χ4n) is 2.19. The Bertz CT molecular complexity index is 914. The summed E-state index contributed by atoms with van der Waals surface area (Å²) in [6.07, 6.45) is 3.51. The summed E-state index contributed by atoms with van der Waals surface area (Å²) in [5.74, 6) is 0.946. The molecule has 0 bridgehead atoms. The van der Waals surface area contributed by atoms with E-state index in [0.717, 1.165) is 5.56 Å². The Labute approximate surface area is 138 Å². The predicted octanol–water partition coefficient (Wildman–Crippen LogP) is 1.26. The average molecular weight is 349 g/mol. The maximum Gasteiger partial charge on any atom is 0.247 e. The number of aryl methyl sites for hydroxylation is 2. The molecule has 126 valence electrons. The minimum Gasteiger partial charge on any atom is -0.421 e. The van der Waals surface area contributed by atoms with E-state index in [1.165, 1.54) is 0 Å². The van der Waals surface area contributed by atoms with Gasteiger partial charge in [-0.2, -0.15) is 0 Å². The fraction of sp³-hybridized carbons (Fsp3) is 0.286. The monoisotopic (exact) mass is 349 g/mol. The number of rotatable bonds is 6. The minimum atomic E-state index is -3.70. The molecule has 1 N–H and O–H groups in total. The van der Waals surface area contributed by atoms with E-state index >= 15 is 0 Å². The number of nitrogens with zero attached hydrogens (tertiary/aromatic N) is 4. The first-order chi connectivity index (χ1) is 11.5. The van der Waals surface area contributed by atoms with Gasteiger partial charge in [0.1, 0.15) is 10.6 Å². The van der Waals surface area contributed by atoms with Gasteiger partial charge in [0.05, 0.1) is 0 Å². The van der Waals surface area contributed by atoms with Gasteiger partial charge < -0.3 is 8.94 Å². The van der Waals surface area contributed by atoms with Crippen LogP contribution in [0.3, 0.4) is 0 Å². The second-order valence-corrected chi connectivity index (χ2v) is 6.74. The van der Waals surface area contributed by atoms with Crippen LogP contribution in [0.15, 0.2) is 38.4 Å². The third-order valence-corrected chi connectivity index (χ3v) is 4.97. The van der Waals surface area contributed by atoms with E-state index < -0.39 is 10.0 Å². The molecule has 0 aliphatic rings. The Morgan fingerprint density at radius 3 is 2.58 bits per heavy atom. The molecule has 0 amide bonds. The quantitative estimate of drug-likeness (QED) is 0.705. The van der Waals surface area contributed by atoms with Crippen molar-refractivity contribution in [3.05, 3.63) is 41.9 Å². The molecule has 3 aromatic heterocycles. The van der Waals surface area contributed by atoms with Gasteiger partial charge in [-0.25, -0.2) is 13.1 Å². The van der Waals surface area contributed by atoms with Crippen molar-refractivity contribution >= 4 is 10.0 Å². The molecule has 24 heavy (non-hydrogen) atoms. The Morgan fingerprint density at radius 2 is 1.92 bits per heavy atom. The molecule has 0 saturated carbocycles. The molecule has 0 aromatic carbocycles. The number of hydrogen-bond acceptors (Lipinski definition) is 8. The highest BCUT2D eigenvalue weighted by atomic mass is 32.2. The zero-order valence-electron chi connectivity index (χ0n) is 13.1. The van der Waals surface area contributed by atoms with Crippen molar-refractivity contribution in [3.8, 4) is 11.5 Å². The highest BCUT2D eigenvalue weighted by Crippen LogP contribution is 2.19. The molecule has 3 aromatic rings. The molecule has 0 fully saturated rings. The highest BCUT2D eigenvalue weighted by Gasteiger charge is 2.23. The molecule has 0 aliphatic carbocycles. The van der Waals surface area contributed by atoms with Gasteiger partial charge in [0.25, 0.3) is 0 Å². The lowest BCUT2D eigenvalue weighted by Gasteiger charge is -2.04. The van der Waals surface area contributed by atoms with Crippen LogP contribution in [0.1, 0.15) is 17.3 Å². The van der Waals surface area contributed by atoms with Crippen LogP contribution in [0.2, 0.25) is 0 Å². The Morgan fingerprint density at radius 1 is 1.17 bits per heavy atom. The molecular formula is C14H15N5O4S. The van der Waals surface area contributed by atoms with Crippen LogP contribution in [0, 0.1) is 13.8 Å². The van der Waals surface area contributed by atoms with Crippen LogP contribution in [0.25, 0.3) is 11.5 Å². The number of hydrogen-bond donors (Lipinski definition) is 1. The minimum absolute atomic E-state index is 0.0607. The smallest absolute Gasteiger partial charge is 0.247 e. The van der Waals surface area contributed by atoms with Gasteiger partial charge in [-0.3, -0.25) is 4.98 Å². The van der Waals surface area contributed by atoms with E-state index in [1.54, 1.807) is 38.4 Å². The number of sulfonamides is 1. The predicted molar refractivity (Wildman–Crippen MR) is 82.4 cm³/mol. The standard InChI is InChI=1S/C14H15N5O4S/c1-9-13(10(2)23-19-9)24(20,21)16-8-5-12-17-18-14(22-12)11-3-6-15-7-4-11/h3-4,6-7,16H,5,8H2,1-2H3. The topological polar surface area (TPSA) is 124 Å². The molecule has 0 unspecified atom stereocenters. The van der Waals surface area contributed by atoms with Crippen LogP contribution in [0.4, 0.5) is 0 Å². The van der Waals surface area contributed by atoms with Gasteiger partial charge in [0.15, 0.2) is 5.76 Å². The summed E-state index contributed by atoms with van der Waals surface area (Å²) in [7, 11) is -3.70. The van der Waals surface area contributed by atoms with Crippen LogP contribution in [0.5, 0.6) is 0 Å². The van der Waals surface area contributed by atoms with Crippen molar-refractivity contribution in [2.24, 2.45) is 0 Å². The first-order valence-corrected chi connectivity index (χ1v) is 8.61.